The van der Waals surface area contributed by atoms with Crippen molar-refractivity contribution in [3.63, 3.8) is 0 Å². The predicted molar refractivity (Wildman–Crippen MR) is 92.5 cm³/mol. The third kappa shape index (κ3) is 3.63. The van der Waals surface area contributed by atoms with Crippen LogP contribution in [0.1, 0.15) is 12.0 Å². The van der Waals surface area contributed by atoms with Crippen LogP contribution in [0.25, 0.3) is 10.9 Å². The quantitative estimate of drug-likeness (QED) is 0.758. The van der Waals surface area contributed by atoms with Crippen LogP contribution in [0, 0.1) is 6.92 Å². The first-order valence-electron chi connectivity index (χ1n) is 7.53. The van der Waals surface area contributed by atoms with Gasteiger partial charge in [0.15, 0.2) is 0 Å². The zero-order valence-electron chi connectivity index (χ0n) is 12.9. The van der Waals surface area contributed by atoms with E-state index in [1.165, 1.54) is 6.33 Å². The van der Waals surface area contributed by atoms with E-state index in [0.717, 1.165) is 28.0 Å². The molecule has 0 radical (unpaired) electrons. The lowest BCUT2D eigenvalue weighted by Crippen LogP contribution is -2.17. The molecular weight excluding hydrogens is 288 g/mol. The van der Waals surface area contributed by atoms with Crippen LogP contribution in [0.15, 0.2) is 54.9 Å². The number of amides is 1. The number of rotatable bonds is 5. The minimum Gasteiger partial charge on any atom is -0.369 e. The van der Waals surface area contributed by atoms with E-state index in [-0.39, 0.29) is 5.91 Å². The molecule has 0 saturated heterocycles. The normalized spacial score (nSPS) is 10.5. The van der Waals surface area contributed by atoms with Crippen molar-refractivity contribution in [2.24, 2.45) is 0 Å². The summed E-state index contributed by atoms with van der Waals surface area (Å²) < 4.78 is 0. The van der Waals surface area contributed by atoms with E-state index in [4.69, 9.17) is 0 Å². The molecule has 3 rings (SSSR count). The third-order valence-corrected chi connectivity index (χ3v) is 3.61. The van der Waals surface area contributed by atoms with Crippen molar-refractivity contribution in [3.8, 4) is 0 Å². The van der Waals surface area contributed by atoms with Crippen LogP contribution in [0.2, 0.25) is 0 Å². The summed E-state index contributed by atoms with van der Waals surface area (Å²) in [6.07, 6.45) is 1.89. The molecule has 1 heterocycles. The van der Waals surface area contributed by atoms with Gasteiger partial charge in [0.25, 0.3) is 0 Å². The second kappa shape index (κ2) is 6.87. The van der Waals surface area contributed by atoms with Crippen LogP contribution in [-0.4, -0.2) is 22.4 Å². The highest BCUT2D eigenvalue weighted by molar-refractivity contribution is 5.92. The van der Waals surface area contributed by atoms with Crippen LogP contribution >= 0.6 is 0 Å². The zero-order valence-corrected chi connectivity index (χ0v) is 12.9. The highest BCUT2D eigenvalue weighted by atomic mass is 16.1. The first-order valence-corrected chi connectivity index (χ1v) is 7.53. The summed E-state index contributed by atoms with van der Waals surface area (Å²) in [7, 11) is 0. The summed E-state index contributed by atoms with van der Waals surface area (Å²) in [6.45, 7) is 2.49. The van der Waals surface area contributed by atoms with Gasteiger partial charge < -0.3 is 10.6 Å². The maximum atomic E-state index is 12.0. The molecule has 0 saturated carbocycles. The Labute approximate surface area is 134 Å². The number of nitrogens with zero attached hydrogens (tertiary/aromatic N) is 2. The maximum absolute atomic E-state index is 12.0. The van der Waals surface area contributed by atoms with Crippen LogP contribution in [0.4, 0.5) is 11.5 Å². The lowest BCUT2D eigenvalue weighted by molar-refractivity contribution is -0.115. The Kier molecular flexibility index (Phi) is 4.47. The Balaban J connectivity index is 1.58. The standard InChI is InChI=1S/C18H18N4O/c1-13-6-2-4-8-15(13)22-17(23)10-11-19-18-14-7-3-5-9-16(14)20-12-21-18/h2-9,12H,10-11H2,1H3,(H,22,23)(H,19,20,21). The largest absolute Gasteiger partial charge is 0.369 e. The zero-order chi connectivity index (χ0) is 16.1. The fourth-order valence-corrected chi connectivity index (χ4v) is 2.37. The minimum atomic E-state index is -0.0230. The molecule has 1 amide bonds. The van der Waals surface area contributed by atoms with Crippen LogP contribution < -0.4 is 10.6 Å². The van der Waals surface area contributed by atoms with Crippen molar-refractivity contribution < 1.29 is 4.79 Å². The number of benzene rings is 2. The molecule has 0 aliphatic rings. The Hall–Kier alpha value is -2.95. The molecule has 3 aromatic rings. The molecule has 0 aliphatic carbocycles. The lowest BCUT2D eigenvalue weighted by Gasteiger charge is -2.10. The van der Waals surface area contributed by atoms with Gasteiger partial charge in [-0.25, -0.2) is 9.97 Å². The van der Waals surface area contributed by atoms with Gasteiger partial charge in [-0.15, -0.1) is 0 Å². The van der Waals surface area contributed by atoms with Gasteiger partial charge in [0.1, 0.15) is 12.1 Å². The van der Waals surface area contributed by atoms with Crippen molar-refractivity contribution in [3.05, 3.63) is 60.4 Å². The maximum Gasteiger partial charge on any atom is 0.226 e. The number of para-hydroxylation sites is 2. The van der Waals surface area contributed by atoms with Gasteiger partial charge in [0.05, 0.1) is 5.52 Å². The van der Waals surface area contributed by atoms with Crippen LogP contribution in [0.5, 0.6) is 0 Å². The number of aromatic nitrogens is 2. The van der Waals surface area contributed by atoms with Gasteiger partial charge in [-0.1, -0.05) is 30.3 Å². The van der Waals surface area contributed by atoms with Crippen molar-refractivity contribution >= 4 is 28.3 Å². The molecular formula is C18H18N4O. The van der Waals surface area contributed by atoms with Gasteiger partial charge in [0, 0.05) is 24.0 Å². The topological polar surface area (TPSA) is 66.9 Å². The molecule has 0 aliphatic heterocycles. The number of hydrogen-bond donors (Lipinski definition) is 2. The predicted octanol–water partition coefficient (Wildman–Crippen LogP) is 3.38. The first-order chi connectivity index (χ1) is 11.2. The fraction of sp³-hybridized carbons (Fsp3) is 0.167. The molecule has 1 aromatic heterocycles. The summed E-state index contributed by atoms with van der Waals surface area (Å²) in [5, 5.41) is 7.08. The number of hydrogen-bond acceptors (Lipinski definition) is 4. The Morgan fingerprint density at radius 2 is 1.83 bits per heavy atom. The SMILES string of the molecule is Cc1ccccc1NC(=O)CCNc1ncnc2ccccc12. The molecule has 2 aromatic carbocycles. The van der Waals surface area contributed by atoms with Gasteiger partial charge >= 0.3 is 0 Å². The molecule has 5 heteroatoms. The Morgan fingerprint density at radius 3 is 2.70 bits per heavy atom. The number of aryl methyl sites for hydroxylation is 1. The van der Waals surface area contributed by atoms with E-state index in [9.17, 15) is 4.79 Å². The summed E-state index contributed by atoms with van der Waals surface area (Å²) >= 11 is 0. The number of carbonyl (C=O) groups excluding carboxylic acids is 1. The van der Waals surface area contributed by atoms with E-state index >= 15 is 0 Å². The van der Waals surface area contributed by atoms with E-state index in [2.05, 4.69) is 20.6 Å². The monoisotopic (exact) mass is 306 g/mol. The Bertz CT molecular complexity index is 827. The summed E-state index contributed by atoms with van der Waals surface area (Å²) in [4.78, 5) is 20.5. The van der Waals surface area contributed by atoms with Gasteiger partial charge in [-0.3, -0.25) is 4.79 Å². The van der Waals surface area contributed by atoms with E-state index < -0.39 is 0 Å². The summed E-state index contributed by atoms with van der Waals surface area (Å²) in [5.74, 6) is 0.726. The van der Waals surface area contributed by atoms with Crippen molar-refractivity contribution in [1.29, 1.82) is 0 Å². The molecule has 5 nitrogen and oxygen atoms in total. The number of carbonyl (C=O) groups is 1. The second-order valence-corrected chi connectivity index (χ2v) is 5.28. The van der Waals surface area contributed by atoms with E-state index in [1.807, 2.05) is 55.5 Å². The van der Waals surface area contributed by atoms with E-state index in [0.29, 0.717) is 13.0 Å². The second-order valence-electron chi connectivity index (χ2n) is 5.28. The lowest BCUT2D eigenvalue weighted by atomic mass is 10.2. The van der Waals surface area contributed by atoms with Gasteiger partial charge in [-0.2, -0.15) is 0 Å². The van der Waals surface area contributed by atoms with Crippen LogP contribution in [0.3, 0.4) is 0 Å². The van der Waals surface area contributed by atoms with Crippen LogP contribution in [-0.2, 0) is 4.79 Å². The highest BCUT2D eigenvalue weighted by Gasteiger charge is 2.06. The summed E-state index contributed by atoms with van der Waals surface area (Å²) in [5.41, 5.74) is 2.79. The molecule has 0 atom stereocenters. The van der Waals surface area contributed by atoms with Crippen molar-refractivity contribution in [1.82, 2.24) is 9.97 Å². The van der Waals surface area contributed by atoms with Crippen molar-refractivity contribution in [2.75, 3.05) is 17.2 Å². The van der Waals surface area contributed by atoms with Crippen molar-refractivity contribution in [2.45, 2.75) is 13.3 Å². The minimum absolute atomic E-state index is 0.0230. The molecule has 0 fully saturated rings. The van der Waals surface area contributed by atoms with E-state index in [1.54, 1.807) is 0 Å². The number of anilines is 2. The molecule has 2 N–H and O–H groups in total. The fourth-order valence-electron chi connectivity index (χ4n) is 2.37. The average molecular weight is 306 g/mol. The number of nitrogens with one attached hydrogen (secondary N) is 2. The third-order valence-electron chi connectivity index (χ3n) is 3.61. The molecule has 0 bridgehead atoms. The Morgan fingerprint density at radius 1 is 1.04 bits per heavy atom. The summed E-state index contributed by atoms with van der Waals surface area (Å²) in [6, 6.07) is 15.5. The van der Waals surface area contributed by atoms with Gasteiger partial charge in [0.2, 0.25) is 5.91 Å². The number of fused-ring (bicyclic) bond motifs is 1. The average Bonchev–Trinajstić information content (AvgIpc) is 2.57. The van der Waals surface area contributed by atoms with Gasteiger partial charge in [-0.05, 0) is 30.7 Å². The highest BCUT2D eigenvalue weighted by Crippen LogP contribution is 2.18. The molecule has 116 valence electrons. The molecule has 0 spiro atoms. The molecule has 0 unspecified atom stereocenters. The molecule has 23 heavy (non-hydrogen) atoms. The first kappa shape index (κ1) is 15.0. The smallest absolute Gasteiger partial charge is 0.226 e.